The van der Waals surface area contributed by atoms with Crippen LogP contribution in [0.15, 0.2) is 48.8 Å². The molecule has 0 saturated carbocycles. The summed E-state index contributed by atoms with van der Waals surface area (Å²) in [5.74, 6) is -1.24. The highest BCUT2D eigenvalue weighted by Crippen LogP contribution is 2.34. The highest BCUT2D eigenvalue weighted by molar-refractivity contribution is 5.98. The lowest BCUT2D eigenvalue weighted by Gasteiger charge is -2.11. The van der Waals surface area contributed by atoms with Crippen molar-refractivity contribution in [3.8, 4) is 11.6 Å². The van der Waals surface area contributed by atoms with Crippen molar-refractivity contribution in [2.24, 2.45) is 0 Å². The maximum absolute atomic E-state index is 12.3. The maximum Gasteiger partial charge on any atom is 0.374 e. The van der Waals surface area contributed by atoms with E-state index in [0.29, 0.717) is 5.75 Å². The minimum Gasteiger partial charge on any atom is -0.434 e. The number of aryl methyl sites for hydroxylation is 2. The molecule has 0 aliphatic rings. The number of hydrogen-bond acceptors (Lipinski definition) is 9. The molecule has 3 rings (SSSR count). The van der Waals surface area contributed by atoms with Crippen molar-refractivity contribution in [3.05, 3.63) is 85.7 Å². The van der Waals surface area contributed by atoms with E-state index in [1.165, 1.54) is 18.2 Å². The standard InChI is InChI=1S/C19H16N6O6/c1-11-7-8-13(9-12(11)2)31-19-16(25(29)30)17(20-10-21-19)22-23-18(26)14-5-3-4-6-15(14)24(27)28/h3-10H,1-2H3,(H,23,26)(H,20,21,22). The number of carbonyl (C=O) groups is 1. The van der Waals surface area contributed by atoms with E-state index < -0.39 is 27.1 Å². The van der Waals surface area contributed by atoms with E-state index in [9.17, 15) is 25.0 Å². The second-order valence-corrected chi connectivity index (χ2v) is 6.33. The Labute approximate surface area is 175 Å². The highest BCUT2D eigenvalue weighted by atomic mass is 16.6. The molecule has 0 saturated heterocycles. The van der Waals surface area contributed by atoms with Gasteiger partial charge in [-0.25, -0.2) is 4.98 Å². The number of hydrazine groups is 1. The van der Waals surface area contributed by atoms with Gasteiger partial charge in [0, 0.05) is 6.07 Å². The molecule has 1 aromatic heterocycles. The van der Waals surface area contributed by atoms with Crippen molar-refractivity contribution in [2.75, 3.05) is 5.43 Å². The summed E-state index contributed by atoms with van der Waals surface area (Å²) in [5.41, 5.74) is 5.15. The first kappa shape index (κ1) is 21.1. The third kappa shape index (κ3) is 4.70. The average Bonchev–Trinajstić information content (AvgIpc) is 2.74. The molecule has 0 unspecified atom stereocenters. The second kappa shape index (κ2) is 8.82. The molecule has 0 atom stereocenters. The minimum atomic E-state index is -0.878. The van der Waals surface area contributed by atoms with Crippen molar-refractivity contribution >= 4 is 23.1 Å². The van der Waals surface area contributed by atoms with Gasteiger partial charge in [0.2, 0.25) is 5.82 Å². The summed E-state index contributed by atoms with van der Waals surface area (Å²) in [4.78, 5) is 41.1. The molecule has 0 radical (unpaired) electrons. The van der Waals surface area contributed by atoms with Crippen LogP contribution in [0.5, 0.6) is 11.6 Å². The van der Waals surface area contributed by atoms with Gasteiger partial charge in [0.1, 0.15) is 17.6 Å². The van der Waals surface area contributed by atoms with Crippen LogP contribution in [0.3, 0.4) is 0 Å². The number of carbonyl (C=O) groups excluding carboxylic acids is 1. The first-order valence-corrected chi connectivity index (χ1v) is 8.82. The van der Waals surface area contributed by atoms with E-state index in [2.05, 4.69) is 20.8 Å². The normalized spacial score (nSPS) is 10.3. The Kier molecular flexibility index (Phi) is 6.00. The van der Waals surface area contributed by atoms with Crippen LogP contribution in [0, 0.1) is 34.1 Å². The van der Waals surface area contributed by atoms with Gasteiger partial charge in [-0.1, -0.05) is 18.2 Å². The Morgan fingerprint density at radius 2 is 1.74 bits per heavy atom. The molecule has 0 fully saturated rings. The highest BCUT2D eigenvalue weighted by Gasteiger charge is 2.26. The number of nitro benzene ring substituents is 1. The molecule has 158 valence electrons. The number of amides is 1. The van der Waals surface area contributed by atoms with Gasteiger partial charge in [0.05, 0.1) is 9.85 Å². The van der Waals surface area contributed by atoms with E-state index in [4.69, 9.17) is 4.74 Å². The fourth-order valence-corrected chi connectivity index (χ4v) is 2.59. The molecular formula is C19H16N6O6. The van der Waals surface area contributed by atoms with Crippen LogP contribution < -0.4 is 15.6 Å². The quantitative estimate of drug-likeness (QED) is 0.427. The zero-order chi connectivity index (χ0) is 22.5. The van der Waals surface area contributed by atoms with Crippen molar-refractivity contribution in [3.63, 3.8) is 0 Å². The van der Waals surface area contributed by atoms with Crippen LogP contribution in [0.4, 0.5) is 17.2 Å². The monoisotopic (exact) mass is 424 g/mol. The minimum absolute atomic E-state index is 0.233. The van der Waals surface area contributed by atoms with Gasteiger partial charge in [-0.2, -0.15) is 4.98 Å². The Bertz CT molecular complexity index is 1180. The van der Waals surface area contributed by atoms with Crippen molar-refractivity contribution in [1.82, 2.24) is 15.4 Å². The van der Waals surface area contributed by atoms with Gasteiger partial charge < -0.3 is 4.74 Å². The lowest BCUT2D eigenvalue weighted by molar-refractivity contribution is -0.385. The fraction of sp³-hybridized carbons (Fsp3) is 0.105. The maximum atomic E-state index is 12.3. The van der Waals surface area contributed by atoms with Gasteiger partial charge >= 0.3 is 11.6 Å². The molecular weight excluding hydrogens is 408 g/mol. The summed E-state index contributed by atoms with van der Waals surface area (Å²) >= 11 is 0. The first-order valence-electron chi connectivity index (χ1n) is 8.82. The fourth-order valence-electron chi connectivity index (χ4n) is 2.59. The molecule has 0 aliphatic heterocycles. The molecule has 2 N–H and O–H groups in total. The van der Waals surface area contributed by atoms with E-state index in [1.54, 1.807) is 18.2 Å². The SMILES string of the molecule is Cc1ccc(Oc2ncnc(NNC(=O)c3ccccc3[N+](=O)[O-])c2[N+](=O)[O-])cc1C. The van der Waals surface area contributed by atoms with Crippen LogP contribution in [-0.2, 0) is 0 Å². The molecule has 1 heterocycles. The molecule has 2 aromatic carbocycles. The van der Waals surface area contributed by atoms with E-state index in [-0.39, 0.29) is 17.3 Å². The number of rotatable bonds is 7. The number of ether oxygens (including phenoxy) is 1. The molecule has 0 bridgehead atoms. The Hall–Kier alpha value is -4.61. The smallest absolute Gasteiger partial charge is 0.374 e. The largest absolute Gasteiger partial charge is 0.434 e. The van der Waals surface area contributed by atoms with Crippen LogP contribution >= 0.6 is 0 Å². The van der Waals surface area contributed by atoms with Crippen molar-refractivity contribution in [2.45, 2.75) is 13.8 Å². The average molecular weight is 424 g/mol. The summed E-state index contributed by atoms with van der Waals surface area (Å²) in [6.45, 7) is 3.77. The topological polar surface area (TPSA) is 162 Å². The molecule has 31 heavy (non-hydrogen) atoms. The predicted molar refractivity (Wildman–Crippen MR) is 109 cm³/mol. The van der Waals surface area contributed by atoms with Gasteiger partial charge in [-0.3, -0.25) is 35.9 Å². The second-order valence-electron chi connectivity index (χ2n) is 6.33. The Balaban J connectivity index is 1.86. The molecule has 12 nitrogen and oxygen atoms in total. The van der Waals surface area contributed by atoms with Crippen molar-refractivity contribution < 1.29 is 19.4 Å². The Morgan fingerprint density at radius 1 is 1.00 bits per heavy atom. The number of nitro groups is 2. The summed E-state index contributed by atoms with van der Waals surface area (Å²) in [7, 11) is 0. The zero-order valence-corrected chi connectivity index (χ0v) is 16.4. The van der Waals surface area contributed by atoms with E-state index in [0.717, 1.165) is 23.5 Å². The number of nitrogens with zero attached hydrogens (tertiary/aromatic N) is 4. The summed E-state index contributed by atoms with van der Waals surface area (Å²) in [6.07, 6.45) is 1.02. The zero-order valence-electron chi connectivity index (χ0n) is 16.4. The van der Waals surface area contributed by atoms with Gasteiger partial charge in [0.15, 0.2) is 0 Å². The third-order valence-corrected chi connectivity index (χ3v) is 4.30. The summed E-state index contributed by atoms with van der Waals surface area (Å²) in [6, 6.07) is 10.4. The lowest BCUT2D eigenvalue weighted by Crippen LogP contribution is -2.30. The van der Waals surface area contributed by atoms with Gasteiger partial charge in [-0.05, 0) is 43.2 Å². The molecule has 12 heteroatoms. The number of nitrogens with one attached hydrogen (secondary N) is 2. The predicted octanol–water partition coefficient (Wildman–Crippen LogP) is 3.46. The number of benzene rings is 2. The van der Waals surface area contributed by atoms with Crippen LogP contribution in [0.1, 0.15) is 21.5 Å². The van der Waals surface area contributed by atoms with Gasteiger partial charge in [0.25, 0.3) is 11.6 Å². The Morgan fingerprint density at radius 3 is 2.42 bits per heavy atom. The summed E-state index contributed by atoms with van der Waals surface area (Å²) in [5, 5.41) is 22.7. The number of anilines is 1. The van der Waals surface area contributed by atoms with Crippen LogP contribution in [0.2, 0.25) is 0 Å². The van der Waals surface area contributed by atoms with Gasteiger partial charge in [-0.15, -0.1) is 0 Å². The van der Waals surface area contributed by atoms with Crippen LogP contribution in [-0.4, -0.2) is 25.7 Å². The lowest BCUT2D eigenvalue weighted by atomic mass is 10.1. The summed E-state index contributed by atoms with van der Waals surface area (Å²) < 4.78 is 5.55. The number of hydrogen-bond donors (Lipinski definition) is 2. The van der Waals surface area contributed by atoms with Crippen molar-refractivity contribution in [1.29, 1.82) is 0 Å². The van der Waals surface area contributed by atoms with E-state index >= 15 is 0 Å². The third-order valence-electron chi connectivity index (χ3n) is 4.30. The molecule has 3 aromatic rings. The molecule has 0 spiro atoms. The van der Waals surface area contributed by atoms with E-state index in [1.807, 2.05) is 13.8 Å². The molecule has 1 amide bonds. The van der Waals surface area contributed by atoms with Crippen LogP contribution in [0.25, 0.3) is 0 Å². The number of aromatic nitrogens is 2. The molecule has 0 aliphatic carbocycles. The number of para-hydroxylation sites is 1. The first-order chi connectivity index (χ1) is 14.8.